The summed E-state index contributed by atoms with van der Waals surface area (Å²) in [5, 5.41) is 0. The van der Waals surface area contributed by atoms with Gasteiger partial charge < -0.3 is 10.9 Å². The van der Waals surface area contributed by atoms with E-state index in [4.69, 9.17) is 4.74 Å². The van der Waals surface area contributed by atoms with Crippen molar-refractivity contribution in [2.45, 2.75) is 26.7 Å². The molecular formula is C6H19NO. The average Bonchev–Trinajstić information content (AvgIpc) is 2.23. The SMILES string of the molecule is C1CCOC1.CC.N.[HH]. The molecule has 0 amide bonds. The Hall–Kier alpha value is -0.0800. The normalized spacial score (nSPS) is 15.8. The lowest BCUT2D eigenvalue weighted by Gasteiger charge is -1.76. The van der Waals surface area contributed by atoms with E-state index >= 15 is 0 Å². The Morgan fingerprint density at radius 2 is 1.50 bits per heavy atom. The minimum atomic E-state index is 0. The first-order valence-electron chi connectivity index (χ1n) is 3.08. The van der Waals surface area contributed by atoms with Gasteiger partial charge in [-0.05, 0) is 12.8 Å². The molecular weight excluding hydrogens is 102 g/mol. The molecule has 1 aliphatic heterocycles. The molecule has 54 valence electrons. The first-order valence-corrected chi connectivity index (χ1v) is 3.08. The molecule has 0 unspecified atom stereocenters. The van der Waals surface area contributed by atoms with Gasteiger partial charge in [-0.1, -0.05) is 13.8 Å². The van der Waals surface area contributed by atoms with E-state index in [0.29, 0.717) is 0 Å². The second-order valence-electron chi connectivity index (χ2n) is 1.32. The largest absolute Gasteiger partial charge is 0.381 e. The van der Waals surface area contributed by atoms with Gasteiger partial charge in [0.1, 0.15) is 0 Å². The van der Waals surface area contributed by atoms with Gasteiger partial charge in [0, 0.05) is 14.6 Å². The molecule has 1 aliphatic rings. The van der Waals surface area contributed by atoms with Crippen LogP contribution in [0.5, 0.6) is 0 Å². The van der Waals surface area contributed by atoms with Crippen LogP contribution in [0.2, 0.25) is 0 Å². The topological polar surface area (TPSA) is 44.2 Å². The third kappa shape index (κ3) is 5.92. The summed E-state index contributed by atoms with van der Waals surface area (Å²) < 4.78 is 4.94. The molecule has 3 N–H and O–H groups in total. The zero-order valence-corrected chi connectivity index (χ0v) is 5.94. The lowest BCUT2D eigenvalue weighted by atomic mass is 10.4. The molecule has 8 heavy (non-hydrogen) atoms. The molecule has 1 rings (SSSR count). The number of ether oxygens (including phenoxy) is 1. The summed E-state index contributed by atoms with van der Waals surface area (Å²) >= 11 is 0. The van der Waals surface area contributed by atoms with Gasteiger partial charge in [0.05, 0.1) is 0 Å². The van der Waals surface area contributed by atoms with Crippen molar-refractivity contribution < 1.29 is 6.16 Å². The van der Waals surface area contributed by atoms with Crippen molar-refractivity contribution in [2.75, 3.05) is 13.2 Å². The molecule has 1 fully saturated rings. The quantitative estimate of drug-likeness (QED) is 0.534. The summed E-state index contributed by atoms with van der Waals surface area (Å²) in [4.78, 5) is 0. The summed E-state index contributed by atoms with van der Waals surface area (Å²) in [6.45, 7) is 6.00. The standard InChI is InChI=1S/C4H8O.C2H6.H3N.H2/c1-2-4-5-3-1;1-2;;/h1-4H2;1-2H3;1H3;1H. The number of hydrogen-bond donors (Lipinski definition) is 1. The van der Waals surface area contributed by atoms with E-state index in [1.54, 1.807) is 0 Å². The van der Waals surface area contributed by atoms with Crippen LogP contribution in [0.1, 0.15) is 28.1 Å². The van der Waals surface area contributed by atoms with Crippen molar-refractivity contribution in [3.8, 4) is 0 Å². The van der Waals surface area contributed by atoms with Crippen molar-refractivity contribution in [3.63, 3.8) is 0 Å². The highest BCUT2D eigenvalue weighted by Gasteiger charge is 1.94. The van der Waals surface area contributed by atoms with Gasteiger partial charge in [0.25, 0.3) is 0 Å². The minimum Gasteiger partial charge on any atom is -0.381 e. The van der Waals surface area contributed by atoms with Gasteiger partial charge in [-0.2, -0.15) is 0 Å². The van der Waals surface area contributed by atoms with Gasteiger partial charge in [-0.15, -0.1) is 0 Å². The maximum Gasteiger partial charge on any atom is 0.0466 e. The molecule has 2 heteroatoms. The lowest BCUT2D eigenvalue weighted by Crippen LogP contribution is -1.74. The smallest absolute Gasteiger partial charge is 0.0466 e. The van der Waals surface area contributed by atoms with Crippen LogP contribution in [0.25, 0.3) is 0 Å². The Bertz CT molecular complexity index is 24.6. The Morgan fingerprint density at radius 1 is 1.12 bits per heavy atom. The summed E-state index contributed by atoms with van der Waals surface area (Å²) in [5.41, 5.74) is 0. The molecule has 1 heterocycles. The molecule has 0 aliphatic carbocycles. The van der Waals surface area contributed by atoms with E-state index in [1.165, 1.54) is 12.8 Å². The Balaban J connectivity index is -0.0000000836. The van der Waals surface area contributed by atoms with Crippen molar-refractivity contribution >= 4 is 0 Å². The van der Waals surface area contributed by atoms with Crippen molar-refractivity contribution in [3.05, 3.63) is 0 Å². The van der Waals surface area contributed by atoms with E-state index in [2.05, 4.69) is 0 Å². The molecule has 0 spiro atoms. The number of rotatable bonds is 0. The molecule has 1 saturated heterocycles. The van der Waals surface area contributed by atoms with E-state index in [0.717, 1.165) is 13.2 Å². The molecule has 0 atom stereocenters. The Kier molecular flexibility index (Phi) is 13.6. The van der Waals surface area contributed by atoms with Crippen LogP contribution in [0.15, 0.2) is 0 Å². The van der Waals surface area contributed by atoms with Crippen molar-refractivity contribution in [1.29, 1.82) is 0 Å². The Labute approximate surface area is 53.3 Å². The third-order valence-electron chi connectivity index (χ3n) is 0.827. The minimum absolute atomic E-state index is 0. The van der Waals surface area contributed by atoms with Crippen LogP contribution in [0.4, 0.5) is 0 Å². The lowest BCUT2D eigenvalue weighted by molar-refractivity contribution is 0.198. The van der Waals surface area contributed by atoms with E-state index in [9.17, 15) is 0 Å². The van der Waals surface area contributed by atoms with Crippen LogP contribution in [0.3, 0.4) is 0 Å². The van der Waals surface area contributed by atoms with Gasteiger partial charge in [-0.3, -0.25) is 0 Å². The molecule has 0 aromatic carbocycles. The molecule has 2 nitrogen and oxygen atoms in total. The summed E-state index contributed by atoms with van der Waals surface area (Å²) in [6.07, 6.45) is 2.56. The zero-order chi connectivity index (χ0) is 5.54. The van der Waals surface area contributed by atoms with E-state index in [1.807, 2.05) is 13.8 Å². The van der Waals surface area contributed by atoms with E-state index < -0.39 is 0 Å². The second-order valence-corrected chi connectivity index (χ2v) is 1.32. The van der Waals surface area contributed by atoms with Crippen LogP contribution in [0, 0.1) is 0 Å². The fourth-order valence-electron chi connectivity index (χ4n) is 0.510. The van der Waals surface area contributed by atoms with Crippen LogP contribution < -0.4 is 6.15 Å². The summed E-state index contributed by atoms with van der Waals surface area (Å²) in [5.74, 6) is 0. The molecule has 0 bridgehead atoms. The van der Waals surface area contributed by atoms with E-state index in [-0.39, 0.29) is 7.58 Å². The first kappa shape index (κ1) is 10.8. The summed E-state index contributed by atoms with van der Waals surface area (Å²) in [6, 6.07) is 0. The van der Waals surface area contributed by atoms with Crippen molar-refractivity contribution in [1.82, 2.24) is 6.15 Å². The fourth-order valence-corrected chi connectivity index (χ4v) is 0.510. The maximum atomic E-state index is 4.94. The van der Waals surface area contributed by atoms with Gasteiger partial charge >= 0.3 is 0 Å². The molecule has 0 saturated carbocycles. The van der Waals surface area contributed by atoms with Crippen molar-refractivity contribution in [2.24, 2.45) is 0 Å². The molecule has 0 radical (unpaired) electrons. The predicted molar refractivity (Wildman–Crippen MR) is 38.5 cm³/mol. The van der Waals surface area contributed by atoms with Crippen LogP contribution in [-0.4, -0.2) is 13.2 Å². The van der Waals surface area contributed by atoms with Gasteiger partial charge in [-0.25, -0.2) is 0 Å². The van der Waals surface area contributed by atoms with Gasteiger partial charge in [0.15, 0.2) is 0 Å². The van der Waals surface area contributed by atoms with Gasteiger partial charge in [0.2, 0.25) is 0 Å². The monoisotopic (exact) mass is 121 g/mol. The van der Waals surface area contributed by atoms with Crippen LogP contribution >= 0.6 is 0 Å². The highest BCUT2D eigenvalue weighted by molar-refractivity contribution is 4.43. The number of hydrogen-bond acceptors (Lipinski definition) is 2. The first-order chi connectivity index (χ1) is 3.50. The fraction of sp³-hybridized carbons (Fsp3) is 1.00. The highest BCUT2D eigenvalue weighted by atomic mass is 16.5. The average molecular weight is 121 g/mol. The summed E-state index contributed by atoms with van der Waals surface area (Å²) in [7, 11) is 0. The third-order valence-corrected chi connectivity index (χ3v) is 0.827. The predicted octanol–water partition coefficient (Wildman–Crippen LogP) is 2.23. The van der Waals surface area contributed by atoms with Crippen LogP contribution in [-0.2, 0) is 4.74 Å². The maximum absolute atomic E-state index is 4.94. The molecule has 0 aromatic rings. The second kappa shape index (κ2) is 10.0. The molecule has 0 aromatic heterocycles. The highest BCUT2D eigenvalue weighted by Crippen LogP contribution is 1.98. The Morgan fingerprint density at radius 3 is 1.62 bits per heavy atom. The zero-order valence-electron chi connectivity index (χ0n) is 5.94.